The Bertz CT molecular complexity index is 1190. The lowest BCUT2D eigenvalue weighted by molar-refractivity contribution is 0.172. The number of nitrogens with one attached hydrogen (secondary N) is 3. The number of guanidine groups is 2. The molecule has 0 spiro atoms. The van der Waals surface area contributed by atoms with Crippen molar-refractivity contribution in [2.24, 2.45) is 9.98 Å². The minimum absolute atomic E-state index is 0.102. The van der Waals surface area contributed by atoms with Gasteiger partial charge in [-0.1, -0.05) is 31.7 Å². The van der Waals surface area contributed by atoms with Crippen LogP contribution in [0.2, 0.25) is 0 Å². The minimum atomic E-state index is -0.445. The molecule has 1 unspecified atom stereocenters. The molecule has 2 aromatic rings. The van der Waals surface area contributed by atoms with Gasteiger partial charge in [-0.2, -0.15) is 0 Å². The second-order valence-corrected chi connectivity index (χ2v) is 10.3. The van der Waals surface area contributed by atoms with E-state index in [1.807, 2.05) is 6.07 Å². The first-order valence-electron chi connectivity index (χ1n) is 13.7. The van der Waals surface area contributed by atoms with Gasteiger partial charge in [0.2, 0.25) is 18.2 Å². The maximum Gasteiger partial charge on any atom is 0.206 e. The van der Waals surface area contributed by atoms with Crippen LogP contribution in [0.4, 0.5) is 10.1 Å². The highest BCUT2D eigenvalue weighted by Crippen LogP contribution is 2.26. The Labute approximate surface area is 228 Å². The fraction of sp³-hybridized carbons (Fsp3) is 0.500. The summed E-state index contributed by atoms with van der Waals surface area (Å²) in [5, 5.41) is 29.6. The molecule has 2 heterocycles. The number of piperazine rings is 1. The third-order valence-corrected chi connectivity index (χ3v) is 7.50. The number of methoxy groups -OCH3 is 1. The fourth-order valence-electron chi connectivity index (χ4n) is 5.32. The van der Waals surface area contributed by atoms with E-state index in [0.717, 1.165) is 50.5 Å². The third kappa shape index (κ3) is 7.10. The number of hydrogen-bond donors (Lipinski definition) is 5. The summed E-state index contributed by atoms with van der Waals surface area (Å²) < 4.78 is 19.4. The van der Waals surface area contributed by atoms with E-state index in [2.05, 4.69) is 25.8 Å². The predicted octanol–water partition coefficient (Wildman–Crippen LogP) is 3.39. The molecule has 3 aliphatic rings. The molecule has 1 aliphatic carbocycles. The molecule has 0 bridgehead atoms. The summed E-state index contributed by atoms with van der Waals surface area (Å²) in [6.45, 7) is 3.83. The van der Waals surface area contributed by atoms with Crippen LogP contribution < -0.4 is 20.7 Å². The van der Waals surface area contributed by atoms with Crippen LogP contribution in [0, 0.1) is 5.82 Å². The molecule has 1 saturated heterocycles. The number of aromatic hydroxyl groups is 2. The number of benzene rings is 2. The highest BCUT2D eigenvalue weighted by atomic mass is 19.1. The highest BCUT2D eigenvalue weighted by Gasteiger charge is 2.26. The number of nitrogens with zero attached hydrogens (tertiary/aromatic N) is 4. The first-order chi connectivity index (χ1) is 19.0. The van der Waals surface area contributed by atoms with Gasteiger partial charge in [0.1, 0.15) is 0 Å². The smallest absolute Gasteiger partial charge is 0.206 e. The molecule has 1 atom stereocenters. The molecular formula is C28H38FN7O3. The molecule has 0 aromatic heterocycles. The average molecular weight is 540 g/mol. The molecule has 2 aliphatic heterocycles. The Morgan fingerprint density at radius 2 is 1.74 bits per heavy atom. The zero-order valence-electron chi connectivity index (χ0n) is 22.4. The first kappa shape index (κ1) is 27.0. The Morgan fingerprint density at radius 1 is 0.974 bits per heavy atom. The van der Waals surface area contributed by atoms with E-state index in [1.165, 1.54) is 44.9 Å². The largest absolute Gasteiger partial charge is 0.504 e. The second-order valence-electron chi connectivity index (χ2n) is 10.3. The van der Waals surface area contributed by atoms with Crippen molar-refractivity contribution in [1.29, 1.82) is 0 Å². The summed E-state index contributed by atoms with van der Waals surface area (Å²) in [5.41, 5.74) is 1.51. The molecule has 5 rings (SSSR count). The maximum atomic E-state index is 14.3. The molecule has 0 radical (unpaired) electrons. The van der Waals surface area contributed by atoms with Crippen molar-refractivity contribution in [3.05, 3.63) is 47.8 Å². The van der Waals surface area contributed by atoms with Crippen LogP contribution in [-0.4, -0.2) is 77.6 Å². The van der Waals surface area contributed by atoms with Crippen molar-refractivity contribution in [2.75, 3.05) is 38.6 Å². The lowest BCUT2D eigenvalue weighted by atomic mass is 10.1. The summed E-state index contributed by atoms with van der Waals surface area (Å²) in [6.07, 6.45) is 6.75. The average Bonchev–Trinajstić information content (AvgIpc) is 3.20. The highest BCUT2D eigenvalue weighted by molar-refractivity contribution is 6.06. The lowest BCUT2D eigenvalue weighted by Crippen LogP contribution is -2.57. The van der Waals surface area contributed by atoms with Crippen molar-refractivity contribution in [1.82, 2.24) is 20.4 Å². The maximum absolute atomic E-state index is 14.3. The van der Waals surface area contributed by atoms with Gasteiger partial charge in [0.15, 0.2) is 23.1 Å². The summed E-state index contributed by atoms with van der Waals surface area (Å²) in [4.78, 5) is 14.2. The second kappa shape index (κ2) is 12.5. The van der Waals surface area contributed by atoms with Gasteiger partial charge in [0.05, 0.1) is 7.11 Å². The number of rotatable bonds is 6. The van der Waals surface area contributed by atoms with Gasteiger partial charge in [-0.25, -0.2) is 14.4 Å². The number of ether oxygens (including phenoxy) is 1. The van der Waals surface area contributed by atoms with Gasteiger partial charge >= 0.3 is 0 Å². The molecule has 5 N–H and O–H groups in total. The SMILES string of the molecule is COc1ccc(NC2=NC(NC3CCCCCC3)N=C(N3CCN(Cc4ccc(O)c(O)c4)CC3)N2)cc1F. The van der Waals surface area contributed by atoms with Crippen molar-refractivity contribution in [3.8, 4) is 17.2 Å². The van der Waals surface area contributed by atoms with Crippen LogP contribution in [0.25, 0.3) is 0 Å². The van der Waals surface area contributed by atoms with E-state index < -0.39 is 12.1 Å². The number of phenols is 2. The first-order valence-corrected chi connectivity index (χ1v) is 13.7. The normalized spacial score (nSPS) is 21.0. The van der Waals surface area contributed by atoms with Crippen molar-refractivity contribution in [2.45, 2.75) is 57.4 Å². The molecule has 2 aromatic carbocycles. The van der Waals surface area contributed by atoms with Gasteiger partial charge in [-0.15, -0.1) is 0 Å². The molecule has 1 saturated carbocycles. The van der Waals surface area contributed by atoms with E-state index in [-0.39, 0.29) is 17.2 Å². The number of phenolic OH excluding ortho intramolecular Hbond substituents is 2. The standard InChI is InChI=1S/C28H38FN7O3/c1-39-25-11-9-21(17-22(25)29)31-27-32-26(30-20-6-4-2-3-5-7-20)33-28(34-27)36-14-12-35(13-15-36)18-19-8-10-23(37)24(38)16-19/h8-11,16-17,20,26,30,37-38H,2-7,12-15,18H2,1H3,(H2,31,32,33,34). The van der Waals surface area contributed by atoms with Crippen LogP contribution >= 0.6 is 0 Å². The summed E-state index contributed by atoms with van der Waals surface area (Å²) in [5.74, 6) is 0.774. The molecule has 10 nitrogen and oxygen atoms in total. The van der Waals surface area contributed by atoms with Crippen LogP contribution in [0.3, 0.4) is 0 Å². The molecular weight excluding hydrogens is 501 g/mol. The van der Waals surface area contributed by atoms with Crippen LogP contribution in [0.15, 0.2) is 46.4 Å². The van der Waals surface area contributed by atoms with E-state index in [9.17, 15) is 14.6 Å². The minimum Gasteiger partial charge on any atom is -0.504 e. The van der Waals surface area contributed by atoms with Gasteiger partial charge in [0, 0.05) is 50.5 Å². The number of aliphatic imine (C=N–C) groups is 2. The van der Waals surface area contributed by atoms with Crippen molar-refractivity contribution >= 4 is 17.6 Å². The Balaban J connectivity index is 1.26. The van der Waals surface area contributed by atoms with E-state index in [0.29, 0.717) is 24.2 Å². The third-order valence-electron chi connectivity index (χ3n) is 7.50. The molecule has 11 heteroatoms. The van der Waals surface area contributed by atoms with Crippen LogP contribution in [0.1, 0.15) is 44.1 Å². The number of anilines is 1. The van der Waals surface area contributed by atoms with Crippen molar-refractivity contribution in [3.63, 3.8) is 0 Å². The molecule has 39 heavy (non-hydrogen) atoms. The van der Waals surface area contributed by atoms with E-state index >= 15 is 0 Å². The van der Waals surface area contributed by atoms with E-state index in [1.54, 1.807) is 18.2 Å². The Morgan fingerprint density at radius 3 is 2.44 bits per heavy atom. The van der Waals surface area contributed by atoms with Gasteiger partial charge < -0.3 is 25.2 Å². The van der Waals surface area contributed by atoms with Gasteiger partial charge in [-0.3, -0.25) is 15.5 Å². The summed E-state index contributed by atoms with van der Waals surface area (Å²) in [7, 11) is 1.44. The summed E-state index contributed by atoms with van der Waals surface area (Å²) >= 11 is 0. The topological polar surface area (TPSA) is 117 Å². The Hall–Kier alpha value is -3.57. The van der Waals surface area contributed by atoms with Crippen molar-refractivity contribution < 1.29 is 19.3 Å². The zero-order chi connectivity index (χ0) is 27.2. The van der Waals surface area contributed by atoms with Gasteiger partial charge in [0.25, 0.3) is 0 Å². The van der Waals surface area contributed by atoms with Crippen LogP contribution in [0.5, 0.6) is 17.2 Å². The fourth-order valence-corrected chi connectivity index (χ4v) is 5.32. The number of hydrogen-bond acceptors (Lipinski definition) is 10. The lowest BCUT2D eigenvalue weighted by Gasteiger charge is -2.38. The molecule has 2 fully saturated rings. The van der Waals surface area contributed by atoms with Crippen LogP contribution in [-0.2, 0) is 6.54 Å². The molecule has 0 amide bonds. The zero-order valence-corrected chi connectivity index (χ0v) is 22.4. The summed E-state index contributed by atoms with van der Waals surface area (Å²) in [6, 6.07) is 10.1. The number of halogens is 1. The Kier molecular flexibility index (Phi) is 8.67. The predicted molar refractivity (Wildman–Crippen MR) is 150 cm³/mol. The molecule has 210 valence electrons. The van der Waals surface area contributed by atoms with Gasteiger partial charge in [-0.05, 0) is 42.7 Å². The van der Waals surface area contributed by atoms with E-state index in [4.69, 9.17) is 14.7 Å². The quantitative estimate of drug-likeness (QED) is 0.280. The monoisotopic (exact) mass is 539 g/mol.